The van der Waals surface area contributed by atoms with Gasteiger partial charge < -0.3 is 4.42 Å². The normalized spacial score (nSPS) is 10.6. The molecule has 0 aliphatic carbocycles. The van der Waals surface area contributed by atoms with Crippen molar-refractivity contribution in [2.75, 3.05) is 5.32 Å². The second-order valence-corrected chi connectivity index (χ2v) is 5.35. The fraction of sp³-hybridized carbons (Fsp3) is 0. The van der Waals surface area contributed by atoms with Crippen LogP contribution in [0.15, 0.2) is 41.0 Å². The number of aromatic nitrogens is 2. The lowest BCUT2D eigenvalue weighted by Crippen LogP contribution is -2.10. The van der Waals surface area contributed by atoms with Crippen LogP contribution in [0.3, 0.4) is 0 Å². The zero-order valence-corrected chi connectivity index (χ0v) is 11.9. The van der Waals surface area contributed by atoms with Gasteiger partial charge in [-0.25, -0.2) is 4.39 Å². The topological polar surface area (TPSA) is 68.0 Å². The number of carbonyl (C=O) groups is 1. The van der Waals surface area contributed by atoms with Gasteiger partial charge in [-0.05, 0) is 30.3 Å². The molecule has 0 spiro atoms. The minimum atomic E-state index is -0.431. The van der Waals surface area contributed by atoms with Crippen LogP contribution in [0.2, 0.25) is 5.02 Å². The van der Waals surface area contributed by atoms with Gasteiger partial charge in [0, 0.05) is 5.56 Å². The summed E-state index contributed by atoms with van der Waals surface area (Å²) >= 11 is 7.09. The number of hydrogen-bond donors (Lipinski definition) is 1. The molecule has 1 aromatic carbocycles. The van der Waals surface area contributed by atoms with Crippen LogP contribution in [-0.2, 0) is 0 Å². The fourth-order valence-electron chi connectivity index (χ4n) is 1.61. The van der Waals surface area contributed by atoms with Crippen molar-refractivity contribution in [2.24, 2.45) is 0 Å². The van der Waals surface area contributed by atoms with E-state index in [-0.39, 0.29) is 10.8 Å². The Labute approximate surface area is 127 Å². The minimum absolute atomic E-state index is 0.173. The van der Waals surface area contributed by atoms with Crippen LogP contribution in [0.25, 0.3) is 10.6 Å². The van der Waals surface area contributed by atoms with Crippen molar-refractivity contribution in [3.8, 4) is 10.6 Å². The summed E-state index contributed by atoms with van der Waals surface area (Å²) in [6.07, 6.45) is 1.40. The SMILES string of the molecule is O=C(Nc1nnc(-c2ccc(F)cc2Cl)s1)c1ccco1. The first kappa shape index (κ1) is 13.7. The molecule has 0 unspecified atom stereocenters. The van der Waals surface area contributed by atoms with Crippen molar-refractivity contribution >= 4 is 34.0 Å². The van der Waals surface area contributed by atoms with Crippen LogP contribution in [0.5, 0.6) is 0 Å². The highest BCUT2D eigenvalue weighted by molar-refractivity contribution is 7.18. The molecule has 0 bridgehead atoms. The van der Waals surface area contributed by atoms with Gasteiger partial charge in [-0.3, -0.25) is 10.1 Å². The van der Waals surface area contributed by atoms with Crippen LogP contribution < -0.4 is 5.32 Å². The molecular formula is C13H7ClFN3O2S. The Hall–Kier alpha value is -2.25. The quantitative estimate of drug-likeness (QED) is 0.795. The van der Waals surface area contributed by atoms with Crippen LogP contribution in [0.1, 0.15) is 10.6 Å². The largest absolute Gasteiger partial charge is 0.459 e. The predicted molar refractivity (Wildman–Crippen MR) is 77.0 cm³/mol. The van der Waals surface area contributed by atoms with E-state index in [1.54, 1.807) is 6.07 Å². The van der Waals surface area contributed by atoms with Gasteiger partial charge in [0.1, 0.15) is 5.82 Å². The molecule has 3 aromatic rings. The number of anilines is 1. The van der Waals surface area contributed by atoms with E-state index in [1.807, 2.05) is 0 Å². The van der Waals surface area contributed by atoms with Crippen LogP contribution in [0, 0.1) is 5.82 Å². The predicted octanol–water partition coefficient (Wildman–Crippen LogP) is 3.84. The maximum atomic E-state index is 13.0. The number of hydrogen-bond acceptors (Lipinski definition) is 5. The number of benzene rings is 1. The van der Waals surface area contributed by atoms with E-state index in [9.17, 15) is 9.18 Å². The highest BCUT2D eigenvalue weighted by Gasteiger charge is 2.14. The first-order valence-electron chi connectivity index (χ1n) is 5.77. The lowest BCUT2D eigenvalue weighted by atomic mass is 10.2. The third-order valence-corrected chi connectivity index (χ3v) is 3.74. The number of amides is 1. The summed E-state index contributed by atoms with van der Waals surface area (Å²) in [7, 11) is 0. The Morgan fingerprint density at radius 3 is 2.90 bits per heavy atom. The lowest BCUT2D eigenvalue weighted by Gasteiger charge is -1.99. The van der Waals surface area contributed by atoms with Gasteiger partial charge in [0.15, 0.2) is 10.8 Å². The number of rotatable bonds is 3. The Balaban J connectivity index is 1.82. The Kier molecular flexibility index (Phi) is 3.68. The second-order valence-electron chi connectivity index (χ2n) is 3.97. The summed E-state index contributed by atoms with van der Waals surface area (Å²) in [6, 6.07) is 7.13. The Morgan fingerprint density at radius 2 is 2.19 bits per heavy atom. The summed E-state index contributed by atoms with van der Waals surface area (Å²) in [4.78, 5) is 11.8. The molecule has 1 amide bonds. The van der Waals surface area contributed by atoms with E-state index in [2.05, 4.69) is 15.5 Å². The van der Waals surface area contributed by atoms with E-state index in [1.165, 1.54) is 30.5 Å². The molecule has 2 aromatic heterocycles. The summed E-state index contributed by atoms with van der Waals surface area (Å²) < 4.78 is 18.0. The van der Waals surface area contributed by atoms with Crippen molar-refractivity contribution in [3.63, 3.8) is 0 Å². The molecule has 5 nitrogen and oxygen atoms in total. The zero-order valence-electron chi connectivity index (χ0n) is 10.3. The molecule has 8 heteroatoms. The van der Waals surface area contributed by atoms with E-state index in [0.29, 0.717) is 15.7 Å². The summed E-state index contributed by atoms with van der Waals surface area (Å²) in [5.41, 5.74) is 0.550. The van der Waals surface area contributed by atoms with Crippen molar-refractivity contribution in [3.05, 3.63) is 53.2 Å². The summed E-state index contributed by atoms with van der Waals surface area (Å²) in [5, 5.41) is 11.3. The molecule has 0 saturated carbocycles. The van der Waals surface area contributed by atoms with Crippen LogP contribution >= 0.6 is 22.9 Å². The van der Waals surface area contributed by atoms with Gasteiger partial charge in [0.05, 0.1) is 11.3 Å². The van der Waals surface area contributed by atoms with Crippen LogP contribution in [0.4, 0.5) is 9.52 Å². The van der Waals surface area contributed by atoms with Crippen molar-refractivity contribution in [2.45, 2.75) is 0 Å². The maximum absolute atomic E-state index is 13.0. The molecule has 106 valence electrons. The molecular weight excluding hydrogens is 317 g/mol. The molecule has 1 N–H and O–H groups in total. The van der Waals surface area contributed by atoms with Gasteiger partial charge in [-0.2, -0.15) is 0 Å². The maximum Gasteiger partial charge on any atom is 0.293 e. The average molecular weight is 324 g/mol. The zero-order chi connectivity index (χ0) is 14.8. The highest BCUT2D eigenvalue weighted by Crippen LogP contribution is 2.32. The summed E-state index contributed by atoms with van der Waals surface area (Å²) in [5.74, 6) is -0.681. The highest BCUT2D eigenvalue weighted by atomic mass is 35.5. The van der Waals surface area contributed by atoms with E-state index in [4.69, 9.17) is 16.0 Å². The van der Waals surface area contributed by atoms with Crippen molar-refractivity contribution in [1.82, 2.24) is 10.2 Å². The van der Waals surface area contributed by atoms with Gasteiger partial charge in [0.25, 0.3) is 5.91 Å². The number of carbonyl (C=O) groups excluding carboxylic acids is 1. The lowest BCUT2D eigenvalue weighted by molar-refractivity contribution is 0.0996. The van der Waals surface area contributed by atoms with Gasteiger partial charge >= 0.3 is 0 Å². The van der Waals surface area contributed by atoms with Gasteiger partial charge in [0.2, 0.25) is 5.13 Å². The number of nitrogens with zero attached hydrogens (tertiary/aromatic N) is 2. The van der Waals surface area contributed by atoms with Gasteiger partial charge in [-0.15, -0.1) is 10.2 Å². The number of furan rings is 1. The molecule has 0 atom stereocenters. The summed E-state index contributed by atoms with van der Waals surface area (Å²) in [6.45, 7) is 0. The second kappa shape index (κ2) is 5.63. The van der Waals surface area contributed by atoms with Crippen LogP contribution in [-0.4, -0.2) is 16.1 Å². The van der Waals surface area contributed by atoms with E-state index in [0.717, 1.165) is 11.3 Å². The van der Waals surface area contributed by atoms with Crippen molar-refractivity contribution in [1.29, 1.82) is 0 Å². The molecule has 2 heterocycles. The molecule has 0 radical (unpaired) electrons. The first-order chi connectivity index (χ1) is 10.1. The first-order valence-corrected chi connectivity index (χ1v) is 6.97. The molecule has 0 fully saturated rings. The molecule has 0 saturated heterocycles. The third-order valence-electron chi connectivity index (χ3n) is 2.55. The monoisotopic (exact) mass is 323 g/mol. The fourth-order valence-corrected chi connectivity index (χ4v) is 2.70. The molecule has 21 heavy (non-hydrogen) atoms. The van der Waals surface area contributed by atoms with E-state index < -0.39 is 11.7 Å². The molecule has 3 rings (SSSR count). The molecule has 0 aliphatic rings. The minimum Gasteiger partial charge on any atom is -0.459 e. The molecule has 0 aliphatic heterocycles. The average Bonchev–Trinajstić information content (AvgIpc) is 3.09. The number of halogens is 2. The number of nitrogens with one attached hydrogen (secondary N) is 1. The Morgan fingerprint density at radius 1 is 1.33 bits per heavy atom. The van der Waals surface area contributed by atoms with E-state index >= 15 is 0 Å². The smallest absolute Gasteiger partial charge is 0.293 e. The van der Waals surface area contributed by atoms with Gasteiger partial charge in [-0.1, -0.05) is 22.9 Å². The third kappa shape index (κ3) is 2.93. The Bertz CT molecular complexity index is 789. The van der Waals surface area contributed by atoms with Crippen molar-refractivity contribution < 1.29 is 13.6 Å². The standard InChI is InChI=1S/C13H7ClFN3O2S/c14-9-6-7(15)3-4-8(9)12-17-18-13(21-12)16-11(19)10-2-1-5-20-10/h1-6H,(H,16,18,19).